The van der Waals surface area contributed by atoms with E-state index in [9.17, 15) is 49.1 Å². The van der Waals surface area contributed by atoms with E-state index >= 15 is 0 Å². The van der Waals surface area contributed by atoms with Crippen molar-refractivity contribution in [1.82, 2.24) is 5.32 Å². The summed E-state index contributed by atoms with van der Waals surface area (Å²) < 4.78 is 124. The van der Waals surface area contributed by atoms with E-state index in [1.54, 1.807) is 0 Å². The lowest BCUT2D eigenvalue weighted by Crippen LogP contribution is -2.43. The van der Waals surface area contributed by atoms with E-state index in [0.717, 1.165) is 6.07 Å². The van der Waals surface area contributed by atoms with E-state index < -0.39 is 71.4 Å². The molecule has 1 aliphatic heterocycles. The number of halogens is 9. The molecule has 0 saturated carbocycles. The highest BCUT2D eigenvalue weighted by molar-refractivity contribution is 6.16. The SMILES string of the molecule is O=C(O)CNC(=O)c1ccc(C2=NOC(c3cc(C(F)(F)F)cc(C(F)(F)F)c3)(C(F)(F)F)C2)c2ccccc12. The highest BCUT2D eigenvalue weighted by atomic mass is 19.4. The maximum atomic E-state index is 14.4. The number of hydrogen-bond donors (Lipinski definition) is 2. The molecule has 0 aliphatic carbocycles. The first-order valence-corrected chi connectivity index (χ1v) is 11.1. The molecule has 1 atom stereocenters. The Morgan fingerprint density at radius 1 is 0.875 bits per heavy atom. The summed E-state index contributed by atoms with van der Waals surface area (Å²) in [6.45, 7) is -0.722. The van der Waals surface area contributed by atoms with E-state index in [2.05, 4.69) is 15.3 Å². The number of nitrogens with one attached hydrogen (secondary N) is 1. The molecule has 2 N–H and O–H groups in total. The molecule has 3 aromatic rings. The largest absolute Gasteiger partial charge is 0.480 e. The quantitative estimate of drug-likeness (QED) is 0.350. The molecule has 0 spiro atoms. The lowest BCUT2D eigenvalue weighted by atomic mass is 9.83. The third kappa shape index (κ3) is 5.27. The zero-order chi connectivity index (χ0) is 29.7. The number of hydrogen-bond acceptors (Lipinski definition) is 4. The second-order valence-corrected chi connectivity index (χ2v) is 8.71. The maximum Gasteiger partial charge on any atom is 0.435 e. The number of carbonyl (C=O) groups is 2. The number of carboxylic acid groups (broad SMARTS) is 1. The number of amides is 1. The van der Waals surface area contributed by atoms with Crippen LogP contribution in [-0.4, -0.2) is 35.4 Å². The molecule has 1 unspecified atom stereocenters. The Balaban J connectivity index is 1.83. The lowest BCUT2D eigenvalue weighted by Gasteiger charge is -2.30. The van der Waals surface area contributed by atoms with Gasteiger partial charge in [-0.2, -0.15) is 39.5 Å². The zero-order valence-electron chi connectivity index (χ0n) is 19.6. The Bertz CT molecular complexity index is 1500. The summed E-state index contributed by atoms with van der Waals surface area (Å²) >= 11 is 0. The molecule has 0 fully saturated rings. The molecule has 1 heterocycles. The fourth-order valence-electron chi connectivity index (χ4n) is 4.24. The van der Waals surface area contributed by atoms with Gasteiger partial charge in [-0.3, -0.25) is 9.59 Å². The number of fused-ring (bicyclic) bond motifs is 1. The Kier molecular flexibility index (Phi) is 6.97. The van der Waals surface area contributed by atoms with Gasteiger partial charge in [-0.15, -0.1) is 0 Å². The van der Waals surface area contributed by atoms with E-state index in [1.165, 1.54) is 30.3 Å². The maximum absolute atomic E-state index is 14.4. The molecule has 6 nitrogen and oxygen atoms in total. The van der Waals surface area contributed by atoms with Crippen LogP contribution in [0.25, 0.3) is 10.8 Å². The number of carbonyl (C=O) groups excluding carboxylic acids is 1. The smallest absolute Gasteiger partial charge is 0.435 e. The van der Waals surface area contributed by atoms with Crippen LogP contribution < -0.4 is 5.32 Å². The van der Waals surface area contributed by atoms with Gasteiger partial charge in [-0.1, -0.05) is 35.5 Å². The minimum Gasteiger partial charge on any atom is -0.480 e. The number of alkyl halides is 9. The van der Waals surface area contributed by atoms with Gasteiger partial charge < -0.3 is 15.3 Å². The molecular weight excluding hydrogens is 563 g/mol. The summed E-state index contributed by atoms with van der Waals surface area (Å²) in [6, 6.07) is 7.65. The molecule has 1 aliphatic rings. The normalized spacial score (nSPS) is 17.9. The van der Waals surface area contributed by atoms with Crippen molar-refractivity contribution in [3.8, 4) is 0 Å². The van der Waals surface area contributed by atoms with Crippen molar-refractivity contribution in [3.05, 3.63) is 82.4 Å². The molecule has 40 heavy (non-hydrogen) atoms. The molecule has 0 bridgehead atoms. The second kappa shape index (κ2) is 9.71. The Labute approximate surface area is 218 Å². The Morgan fingerprint density at radius 2 is 1.45 bits per heavy atom. The number of rotatable bonds is 5. The van der Waals surface area contributed by atoms with Crippen LogP contribution in [0.1, 0.15) is 39.0 Å². The van der Waals surface area contributed by atoms with Crippen molar-refractivity contribution < 1.29 is 59.0 Å². The van der Waals surface area contributed by atoms with Gasteiger partial charge in [0.2, 0.25) is 0 Å². The van der Waals surface area contributed by atoms with Gasteiger partial charge in [-0.25, -0.2) is 0 Å². The fourth-order valence-corrected chi connectivity index (χ4v) is 4.24. The highest BCUT2D eigenvalue weighted by Crippen LogP contribution is 2.51. The molecule has 0 aromatic heterocycles. The van der Waals surface area contributed by atoms with Gasteiger partial charge in [0.25, 0.3) is 11.5 Å². The minimum absolute atomic E-state index is 0.0421. The predicted octanol–water partition coefficient (Wildman–Crippen LogP) is 6.27. The van der Waals surface area contributed by atoms with Gasteiger partial charge in [0.15, 0.2) is 0 Å². The Hall–Kier alpha value is -4.30. The van der Waals surface area contributed by atoms with Gasteiger partial charge in [0.05, 0.1) is 16.8 Å². The van der Waals surface area contributed by atoms with E-state index in [1.807, 2.05) is 0 Å². The van der Waals surface area contributed by atoms with Gasteiger partial charge in [-0.05, 0) is 35.0 Å². The van der Waals surface area contributed by atoms with Crippen LogP contribution in [0.4, 0.5) is 39.5 Å². The molecule has 4 rings (SSSR count). The van der Waals surface area contributed by atoms with E-state index in [-0.39, 0.29) is 40.1 Å². The zero-order valence-corrected chi connectivity index (χ0v) is 19.6. The van der Waals surface area contributed by atoms with Crippen molar-refractivity contribution in [2.75, 3.05) is 6.54 Å². The summed E-state index contributed by atoms with van der Waals surface area (Å²) in [5.74, 6) is -2.15. The van der Waals surface area contributed by atoms with Crippen LogP contribution >= 0.6 is 0 Å². The van der Waals surface area contributed by atoms with E-state index in [0.29, 0.717) is 0 Å². The van der Waals surface area contributed by atoms with E-state index in [4.69, 9.17) is 5.11 Å². The molecule has 0 radical (unpaired) electrons. The standard InChI is InChI=1S/C25H15F9N2O4/c26-23(27,28)13-7-12(8-14(9-13)24(29,30)31)22(25(32,33)34)10-19(36-40-22)17-5-6-18(21(39)35-11-20(37)38)16-4-2-1-3-15(16)17/h1-9H,10-11H2,(H,35,39)(H,37,38). The number of benzene rings is 3. The monoisotopic (exact) mass is 578 g/mol. The van der Waals surface area contributed by atoms with Crippen molar-refractivity contribution in [3.63, 3.8) is 0 Å². The third-order valence-corrected chi connectivity index (χ3v) is 6.12. The fraction of sp³-hybridized carbons (Fsp3) is 0.240. The summed E-state index contributed by atoms with van der Waals surface area (Å²) in [4.78, 5) is 27.9. The van der Waals surface area contributed by atoms with Gasteiger partial charge in [0, 0.05) is 23.1 Å². The average molecular weight is 578 g/mol. The number of nitrogens with zero attached hydrogens (tertiary/aromatic N) is 1. The first-order chi connectivity index (χ1) is 18.4. The van der Waals surface area contributed by atoms with Crippen molar-refractivity contribution in [2.45, 2.75) is 30.6 Å². The molecule has 0 saturated heterocycles. The van der Waals surface area contributed by atoms with Gasteiger partial charge in [0.1, 0.15) is 6.54 Å². The topological polar surface area (TPSA) is 88.0 Å². The second-order valence-electron chi connectivity index (χ2n) is 8.71. The highest BCUT2D eigenvalue weighted by Gasteiger charge is 2.63. The molecule has 212 valence electrons. The van der Waals surface area contributed by atoms with Crippen LogP contribution in [0.2, 0.25) is 0 Å². The van der Waals surface area contributed by atoms with Crippen molar-refractivity contribution >= 4 is 28.4 Å². The van der Waals surface area contributed by atoms with Gasteiger partial charge >= 0.3 is 24.5 Å². The molecule has 15 heteroatoms. The molecular formula is C25H15F9N2O4. The number of aliphatic carboxylic acids is 1. The van der Waals surface area contributed by atoms with Crippen molar-refractivity contribution in [1.29, 1.82) is 0 Å². The first-order valence-electron chi connectivity index (χ1n) is 11.1. The number of carboxylic acids is 1. The summed E-state index contributed by atoms with van der Waals surface area (Å²) in [5, 5.41) is 14.7. The Morgan fingerprint density at radius 3 is 1.98 bits per heavy atom. The van der Waals surface area contributed by atoms with Crippen LogP contribution in [0.3, 0.4) is 0 Å². The summed E-state index contributed by atoms with van der Waals surface area (Å²) in [5.41, 5.74) is -9.61. The number of oxime groups is 1. The molecule has 1 amide bonds. The van der Waals surface area contributed by atoms with Crippen LogP contribution in [0.5, 0.6) is 0 Å². The first kappa shape index (κ1) is 28.7. The predicted molar refractivity (Wildman–Crippen MR) is 120 cm³/mol. The van der Waals surface area contributed by atoms with Crippen molar-refractivity contribution in [2.24, 2.45) is 5.16 Å². The molecule has 3 aromatic carbocycles. The summed E-state index contributed by atoms with van der Waals surface area (Å²) in [7, 11) is 0. The van der Waals surface area contributed by atoms with Crippen LogP contribution in [0.15, 0.2) is 59.8 Å². The summed E-state index contributed by atoms with van der Waals surface area (Å²) in [6.07, 6.45) is -17.6. The van der Waals surface area contributed by atoms with Crippen LogP contribution in [-0.2, 0) is 27.6 Å². The lowest BCUT2D eigenvalue weighted by molar-refractivity contribution is -0.276. The van der Waals surface area contributed by atoms with Crippen LogP contribution in [0, 0.1) is 0 Å². The minimum atomic E-state index is -5.52. The third-order valence-electron chi connectivity index (χ3n) is 6.12. The average Bonchev–Trinajstić information content (AvgIpc) is 3.32.